The Labute approximate surface area is 162 Å². The molecule has 0 aromatic heterocycles. The molecular formula is C21H22FN3O3. The highest BCUT2D eigenvalue weighted by Gasteiger charge is 2.51. The molecule has 1 atom stereocenters. The first-order valence-electron chi connectivity index (χ1n) is 9.03. The molecule has 2 N–H and O–H groups in total. The number of anilines is 1. The largest absolute Gasteiger partial charge is 0.325 e. The Kier molecular flexibility index (Phi) is 5.18. The van der Waals surface area contributed by atoms with Gasteiger partial charge in [0.2, 0.25) is 5.91 Å². The van der Waals surface area contributed by atoms with Crippen molar-refractivity contribution in [2.45, 2.75) is 32.7 Å². The highest BCUT2D eigenvalue weighted by atomic mass is 19.1. The molecule has 1 saturated heterocycles. The zero-order chi connectivity index (χ0) is 20.5. The molecule has 6 nitrogen and oxygen atoms in total. The van der Waals surface area contributed by atoms with Gasteiger partial charge in [-0.3, -0.25) is 14.5 Å². The standard InChI is InChI=1S/C21H22FN3O3/c1-4-21(15-5-7-16(22)8-6-15)19(27)25(20(28)24-21)12-18(26)23-17-10-13(2)9-14(3)11-17/h5-11H,4,12H2,1-3H3,(H,23,26)(H,24,28)/t21-/m0/s1. The molecular weight excluding hydrogens is 361 g/mol. The van der Waals surface area contributed by atoms with Crippen molar-refractivity contribution in [3.63, 3.8) is 0 Å². The number of urea groups is 1. The number of rotatable bonds is 5. The fraction of sp³-hybridized carbons (Fsp3) is 0.286. The monoisotopic (exact) mass is 383 g/mol. The SMILES string of the molecule is CC[C@@]1(c2ccc(F)cc2)NC(=O)N(CC(=O)Nc2cc(C)cc(C)c2)C1=O. The van der Waals surface area contributed by atoms with Gasteiger partial charge < -0.3 is 10.6 Å². The lowest BCUT2D eigenvalue weighted by molar-refractivity contribution is -0.134. The van der Waals surface area contributed by atoms with Crippen LogP contribution >= 0.6 is 0 Å². The fourth-order valence-corrected chi connectivity index (χ4v) is 3.53. The van der Waals surface area contributed by atoms with Crippen LogP contribution in [-0.2, 0) is 15.1 Å². The van der Waals surface area contributed by atoms with Crippen LogP contribution in [0.15, 0.2) is 42.5 Å². The van der Waals surface area contributed by atoms with E-state index in [0.717, 1.165) is 16.0 Å². The minimum Gasteiger partial charge on any atom is -0.325 e. The fourth-order valence-electron chi connectivity index (χ4n) is 3.53. The van der Waals surface area contributed by atoms with E-state index in [-0.39, 0.29) is 6.42 Å². The molecule has 0 bridgehead atoms. The van der Waals surface area contributed by atoms with Crippen LogP contribution in [0, 0.1) is 19.7 Å². The van der Waals surface area contributed by atoms with E-state index in [0.29, 0.717) is 11.3 Å². The number of carbonyl (C=O) groups excluding carboxylic acids is 3. The number of amides is 4. The van der Waals surface area contributed by atoms with Crippen LogP contribution in [0.1, 0.15) is 30.0 Å². The normalized spacial score (nSPS) is 18.9. The molecule has 0 unspecified atom stereocenters. The molecule has 2 aromatic carbocycles. The summed E-state index contributed by atoms with van der Waals surface area (Å²) in [5, 5.41) is 5.40. The van der Waals surface area contributed by atoms with Gasteiger partial charge in [0.15, 0.2) is 0 Å². The van der Waals surface area contributed by atoms with Crippen molar-refractivity contribution < 1.29 is 18.8 Å². The summed E-state index contributed by atoms with van der Waals surface area (Å²) in [4.78, 5) is 38.8. The maximum absolute atomic E-state index is 13.3. The van der Waals surface area contributed by atoms with Gasteiger partial charge in [0.05, 0.1) is 0 Å². The molecule has 4 amide bonds. The van der Waals surface area contributed by atoms with E-state index in [9.17, 15) is 18.8 Å². The van der Waals surface area contributed by atoms with E-state index in [1.165, 1.54) is 24.3 Å². The maximum Gasteiger partial charge on any atom is 0.325 e. The summed E-state index contributed by atoms with van der Waals surface area (Å²) in [7, 11) is 0. The number of carbonyl (C=O) groups is 3. The summed E-state index contributed by atoms with van der Waals surface area (Å²) >= 11 is 0. The predicted molar refractivity (Wildman–Crippen MR) is 103 cm³/mol. The Morgan fingerprint density at radius 2 is 1.71 bits per heavy atom. The van der Waals surface area contributed by atoms with Crippen LogP contribution < -0.4 is 10.6 Å². The number of imide groups is 1. The molecule has 146 valence electrons. The van der Waals surface area contributed by atoms with Gasteiger partial charge >= 0.3 is 6.03 Å². The number of aryl methyl sites for hydroxylation is 2. The minimum absolute atomic E-state index is 0.276. The second-order valence-electron chi connectivity index (χ2n) is 7.01. The van der Waals surface area contributed by atoms with Gasteiger partial charge in [-0.05, 0) is 61.2 Å². The second kappa shape index (κ2) is 7.42. The maximum atomic E-state index is 13.3. The van der Waals surface area contributed by atoms with E-state index in [4.69, 9.17) is 0 Å². The van der Waals surface area contributed by atoms with E-state index < -0.39 is 35.7 Å². The summed E-state index contributed by atoms with van der Waals surface area (Å²) in [6, 6.07) is 10.4. The molecule has 28 heavy (non-hydrogen) atoms. The van der Waals surface area contributed by atoms with Crippen molar-refractivity contribution in [3.8, 4) is 0 Å². The molecule has 1 heterocycles. The van der Waals surface area contributed by atoms with Gasteiger partial charge in [-0.1, -0.05) is 25.1 Å². The second-order valence-corrected chi connectivity index (χ2v) is 7.01. The van der Waals surface area contributed by atoms with Crippen molar-refractivity contribution in [2.24, 2.45) is 0 Å². The number of hydrogen-bond donors (Lipinski definition) is 2. The number of halogens is 1. The third kappa shape index (κ3) is 3.60. The molecule has 0 spiro atoms. The summed E-state index contributed by atoms with van der Waals surface area (Å²) < 4.78 is 13.3. The van der Waals surface area contributed by atoms with Gasteiger partial charge in [0, 0.05) is 5.69 Å². The summed E-state index contributed by atoms with van der Waals surface area (Å²) in [6.07, 6.45) is 0.276. The summed E-state index contributed by atoms with van der Waals surface area (Å²) in [5.74, 6) is -1.43. The van der Waals surface area contributed by atoms with Crippen LogP contribution in [0.2, 0.25) is 0 Å². The van der Waals surface area contributed by atoms with Gasteiger partial charge in [-0.25, -0.2) is 9.18 Å². The van der Waals surface area contributed by atoms with Crippen LogP contribution in [0.25, 0.3) is 0 Å². The van der Waals surface area contributed by atoms with Crippen molar-refractivity contribution >= 4 is 23.5 Å². The first-order valence-corrected chi connectivity index (χ1v) is 9.03. The average molecular weight is 383 g/mol. The van der Waals surface area contributed by atoms with Gasteiger partial charge in [0.25, 0.3) is 5.91 Å². The lowest BCUT2D eigenvalue weighted by Gasteiger charge is -2.25. The van der Waals surface area contributed by atoms with Crippen molar-refractivity contribution in [1.82, 2.24) is 10.2 Å². The Hall–Kier alpha value is -3.22. The zero-order valence-electron chi connectivity index (χ0n) is 16.0. The molecule has 2 aromatic rings. The Balaban J connectivity index is 1.79. The third-order valence-electron chi connectivity index (χ3n) is 4.85. The lowest BCUT2D eigenvalue weighted by Crippen LogP contribution is -2.44. The Morgan fingerprint density at radius 1 is 1.11 bits per heavy atom. The first kappa shape index (κ1) is 19.5. The number of nitrogens with one attached hydrogen (secondary N) is 2. The van der Waals surface area contributed by atoms with Gasteiger partial charge in [0.1, 0.15) is 17.9 Å². The Morgan fingerprint density at radius 3 is 2.29 bits per heavy atom. The first-order chi connectivity index (χ1) is 13.2. The predicted octanol–water partition coefficient (Wildman–Crippen LogP) is 3.24. The molecule has 0 radical (unpaired) electrons. The molecule has 1 aliphatic heterocycles. The van der Waals surface area contributed by atoms with Gasteiger partial charge in [-0.15, -0.1) is 0 Å². The van der Waals surface area contributed by atoms with Gasteiger partial charge in [-0.2, -0.15) is 0 Å². The van der Waals surface area contributed by atoms with Crippen LogP contribution in [0.4, 0.5) is 14.9 Å². The van der Waals surface area contributed by atoms with E-state index >= 15 is 0 Å². The van der Waals surface area contributed by atoms with Crippen LogP contribution in [0.5, 0.6) is 0 Å². The molecule has 3 rings (SSSR count). The minimum atomic E-state index is -1.30. The van der Waals surface area contributed by atoms with Crippen molar-refractivity contribution in [3.05, 3.63) is 65.0 Å². The smallest absolute Gasteiger partial charge is 0.325 e. The highest BCUT2D eigenvalue weighted by molar-refractivity contribution is 6.10. The molecule has 1 aliphatic rings. The molecule has 7 heteroatoms. The molecule has 0 aliphatic carbocycles. The quantitative estimate of drug-likeness (QED) is 0.778. The number of hydrogen-bond acceptors (Lipinski definition) is 3. The average Bonchev–Trinajstić information content (AvgIpc) is 2.86. The van der Waals surface area contributed by atoms with E-state index in [2.05, 4.69) is 10.6 Å². The summed E-state index contributed by atoms with van der Waals surface area (Å²) in [6.45, 7) is 5.18. The lowest BCUT2D eigenvalue weighted by atomic mass is 9.87. The highest BCUT2D eigenvalue weighted by Crippen LogP contribution is 2.32. The number of nitrogens with zero attached hydrogens (tertiary/aromatic N) is 1. The van der Waals surface area contributed by atoms with Crippen molar-refractivity contribution in [2.75, 3.05) is 11.9 Å². The number of benzene rings is 2. The van der Waals surface area contributed by atoms with E-state index in [1.807, 2.05) is 32.0 Å². The third-order valence-corrected chi connectivity index (χ3v) is 4.85. The van der Waals surface area contributed by atoms with Crippen LogP contribution in [0.3, 0.4) is 0 Å². The van der Waals surface area contributed by atoms with Crippen LogP contribution in [-0.4, -0.2) is 29.3 Å². The molecule has 1 fully saturated rings. The van der Waals surface area contributed by atoms with Crippen molar-refractivity contribution in [1.29, 1.82) is 0 Å². The topological polar surface area (TPSA) is 78.5 Å². The Bertz CT molecular complexity index is 922. The zero-order valence-corrected chi connectivity index (χ0v) is 16.0. The van der Waals surface area contributed by atoms with E-state index in [1.54, 1.807) is 6.92 Å². The molecule has 0 saturated carbocycles. The summed E-state index contributed by atoms with van der Waals surface area (Å²) in [5.41, 5.74) is 1.77.